The molecule has 6 rings (SSSR count). The van der Waals surface area contributed by atoms with E-state index in [4.69, 9.17) is 9.47 Å². The Morgan fingerprint density at radius 1 is 0.812 bits per heavy atom. The highest BCUT2D eigenvalue weighted by Gasteiger charge is 2.71. The van der Waals surface area contributed by atoms with Gasteiger partial charge in [-0.2, -0.15) is 0 Å². The maximum Gasteiger partial charge on any atom is 0.197 e. The number of fused-ring (bicyclic) bond motifs is 7. The van der Waals surface area contributed by atoms with Gasteiger partial charge in [0.05, 0.1) is 24.9 Å². The molecule has 6 aliphatic rings. The van der Waals surface area contributed by atoms with E-state index in [1.165, 1.54) is 12.8 Å². The van der Waals surface area contributed by atoms with E-state index in [0.29, 0.717) is 36.2 Å². The maximum absolute atomic E-state index is 11.2. The molecule has 0 amide bonds. The SMILES string of the molecule is C[C@H]1CO[C@@]2(O[C@H]3C[C@H]4[C@@H]5C[C@H](O)[C@H]6C[C@@H](O)CC[C@]6(C)[C@H]5CC[C@]4(C)[C@H]3[C@@H]2C)[C@H](O)C1. The fourth-order valence-electron chi connectivity index (χ4n) is 10.4. The van der Waals surface area contributed by atoms with Crippen molar-refractivity contribution in [3.05, 3.63) is 0 Å². The monoisotopic (exact) mass is 448 g/mol. The summed E-state index contributed by atoms with van der Waals surface area (Å²) in [5.41, 5.74) is 0.324. The fraction of sp³-hybridized carbons (Fsp3) is 1.00. The molecule has 0 aromatic carbocycles. The molecule has 182 valence electrons. The summed E-state index contributed by atoms with van der Waals surface area (Å²) < 4.78 is 13.0. The molecule has 32 heavy (non-hydrogen) atoms. The molecular formula is C27H44O5. The molecule has 6 fully saturated rings. The van der Waals surface area contributed by atoms with Gasteiger partial charge in [-0.15, -0.1) is 0 Å². The first kappa shape index (κ1) is 22.3. The van der Waals surface area contributed by atoms with Crippen LogP contribution in [-0.2, 0) is 9.47 Å². The molecule has 2 heterocycles. The van der Waals surface area contributed by atoms with E-state index in [1.807, 2.05) is 0 Å². The zero-order valence-electron chi connectivity index (χ0n) is 20.4. The number of aliphatic hydroxyl groups excluding tert-OH is 3. The molecule has 5 heteroatoms. The molecule has 3 N–H and O–H groups in total. The van der Waals surface area contributed by atoms with Gasteiger partial charge in [-0.25, -0.2) is 0 Å². The first-order chi connectivity index (χ1) is 15.1. The molecule has 0 radical (unpaired) electrons. The normalized spacial score (nSPS) is 64.0. The summed E-state index contributed by atoms with van der Waals surface area (Å²) in [4.78, 5) is 0. The van der Waals surface area contributed by atoms with Gasteiger partial charge in [-0.05, 0) is 97.7 Å². The van der Waals surface area contributed by atoms with Gasteiger partial charge in [-0.1, -0.05) is 27.7 Å². The van der Waals surface area contributed by atoms with Crippen molar-refractivity contribution in [2.75, 3.05) is 6.61 Å². The zero-order chi connectivity index (χ0) is 22.6. The Bertz CT molecular complexity index is 758. The van der Waals surface area contributed by atoms with Crippen LogP contribution in [0.4, 0.5) is 0 Å². The van der Waals surface area contributed by atoms with Gasteiger partial charge >= 0.3 is 0 Å². The molecule has 4 aliphatic carbocycles. The van der Waals surface area contributed by atoms with E-state index in [0.717, 1.165) is 38.5 Å². The second kappa shape index (κ2) is 7.16. The van der Waals surface area contributed by atoms with Crippen molar-refractivity contribution in [2.24, 2.45) is 52.3 Å². The van der Waals surface area contributed by atoms with Crippen LogP contribution >= 0.6 is 0 Å². The van der Waals surface area contributed by atoms with Crippen LogP contribution in [0, 0.1) is 52.3 Å². The van der Waals surface area contributed by atoms with E-state index < -0.39 is 11.9 Å². The van der Waals surface area contributed by atoms with E-state index in [9.17, 15) is 15.3 Å². The molecule has 4 saturated carbocycles. The Morgan fingerprint density at radius 2 is 1.56 bits per heavy atom. The lowest BCUT2D eigenvalue weighted by Gasteiger charge is -2.62. The zero-order valence-corrected chi connectivity index (χ0v) is 20.4. The quantitative estimate of drug-likeness (QED) is 0.526. The smallest absolute Gasteiger partial charge is 0.197 e. The van der Waals surface area contributed by atoms with Gasteiger partial charge < -0.3 is 24.8 Å². The van der Waals surface area contributed by atoms with Crippen molar-refractivity contribution in [3.63, 3.8) is 0 Å². The van der Waals surface area contributed by atoms with Crippen molar-refractivity contribution < 1.29 is 24.8 Å². The third-order valence-corrected chi connectivity index (χ3v) is 11.9. The van der Waals surface area contributed by atoms with Crippen LogP contribution in [0.25, 0.3) is 0 Å². The molecule has 0 bridgehead atoms. The standard InChI is InChI=1S/C27H44O5/c1-14-9-23(30)27(31-13-14)15(2)24-22(32-27)12-19-17-11-21(29)20-10-16(28)5-7-25(20,3)18(17)6-8-26(19,24)4/h14-24,28-30H,5-13H2,1-4H3/t14-,15+,16+,17-,18+,19+,20-,21+,22+,23-,24+,25-,26+,27+/m1/s1. The Morgan fingerprint density at radius 3 is 2.31 bits per heavy atom. The summed E-state index contributed by atoms with van der Waals surface area (Å²) in [5, 5.41) is 32.6. The number of hydrogen-bond acceptors (Lipinski definition) is 5. The van der Waals surface area contributed by atoms with Crippen molar-refractivity contribution in [3.8, 4) is 0 Å². The van der Waals surface area contributed by atoms with Crippen LogP contribution in [0.2, 0.25) is 0 Å². The second-order valence-corrected chi connectivity index (χ2v) is 13.4. The fourth-order valence-corrected chi connectivity index (χ4v) is 10.4. The molecule has 14 atom stereocenters. The van der Waals surface area contributed by atoms with Crippen LogP contribution in [0.3, 0.4) is 0 Å². The van der Waals surface area contributed by atoms with Gasteiger partial charge in [0.2, 0.25) is 0 Å². The molecule has 0 aromatic rings. The minimum Gasteiger partial charge on any atom is -0.393 e. The second-order valence-electron chi connectivity index (χ2n) is 13.4. The van der Waals surface area contributed by atoms with Gasteiger partial charge in [0.25, 0.3) is 0 Å². The largest absolute Gasteiger partial charge is 0.393 e. The molecule has 0 unspecified atom stereocenters. The van der Waals surface area contributed by atoms with Crippen molar-refractivity contribution in [2.45, 2.75) is 109 Å². The molecule has 2 saturated heterocycles. The topological polar surface area (TPSA) is 79.2 Å². The van der Waals surface area contributed by atoms with Crippen LogP contribution in [-0.4, -0.2) is 52.1 Å². The lowest BCUT2D eigenvalue weighted by atomic mass is 9.43. The highest BCUT2D eigenvalue weighted by Crippen LogP contribution is 2.71. The lowest BCUT2D eigenvalue weighted by molar-refractivity contribution is -0.316. The Balaban J connectivity index is 1.29. The number of rotatable bonds is 0. The van der Waals surface area contributed by atoms with E-state index >= 15 is 0 Å². The third kappa shape index (κ3) is 2.75. The van der Waals surface area contributed by atoms with Gasteiger partial charge in [-0.3, -0.25) is 0 Å². The van der Waals surface area contributed by atoms with Crippen LogP contribution < -0.4 is 0 Å². The highest BCUT2D eigenvalue weighted by molar-refractivity contribution is 5.17. The average molecular weight is 449 g/mol. The van der Waals surface area contributed by atoms with Crippen molar-refractivity contribution >= 4 is 0 Å². The summed E-state index contributed by atoms with van der Waals surface area (Å²) >= 11 is 0. The third-order valence-electron chi connectivity index (χ3n) is 11.9. The Hall–Kier alpha value is -0.200. The van der Waals surface area contributed by atoms with E-state index in [2.05, 4.69) is 27.7 Å². The van der Waals surface area contributed by atoms with Gasteiger partial charge in [0.1, 0.15) is 6.10 Å². The predicted octanol–water partition coefficient (Wildman–Crippen LogP) is 3.74. The van der Waals surface area contributed by atoms with Crippen molar-refractivity contribution in [1.29, 1.82) is 0 Å². The molecular weight excluding hydrogens is 404 g/mol. The van der Waals surface area contributed by atoms with E-state index in [1.54, 1.807) is 0 Å². The van der Waals surface area contributed by atoms with Crippen LogP contribution in [0.1, 0.15) is 79.1 Å². The first-order valence-electron chi connectivity index (χ1n) is 13.5. The molecule has 0 aromatic heterocycles. The maximum atomic E-state index is 11.2. The Labute approximate surface area is 193 Å². The molecule has 1 spiro atoms. The first-order valence-corrected chi connectivity index (χ1v) is 13.5. The summed E-state index contributed by atoms with van der Waals surface area (Å²) in [6, 6.07) is 0. The molecule has 5 nitrogen and oxygen atoms in total. The van der Waals surface area contributed by atoms with Crippen molar-refractivity contribution in [1.82, 2.24) is 0 Å². The predicted molar refractivity (Wildman–Crippen MR) is 121 cm³/mol. The number of ether oxygens (including phenoxy) is 2. The highest BCUT2D eigenvalue weighted by atomic mass is 16.7. The average Bonchev–Trinajstić information content (AvgIpc) is 3.18. The number of hydrogen-bond donors (Lipinski definition) is 3. The number of aliphatic hydroxyl groups is 3. The minimum absolute atomic E-state index is 0.146. The van der Waals surface area contributed by atoms with Crippen LogP contribution in [0.15, 0.2) is 0 Å². The summed E-state index contributed by atoms with van der Waals surface area (Å²) in [7, 11) is 0. The lowest BCUT2D eigenvalue weighted by Crippen LogP contribution is -2.59. The summed E-state index contributed by atoms with van der Waals surface area (Å²) in [6.07, 6.45) is 6.86. The van der Waals surface area contributed by atoms with Gasteiger partial charge in [0, 0.05) is 5.92 Å². The summed E-state index contributed by atoms with van der Waals surface area (Å²) in [6.45, 7) is 9.98. The van der Waals surface area contributed by atoms with Gasteiger partial charge in [0.15, 0.2) is 5.79 Å². The Kier molecular flexibility index (Phi) is 4.99. The van der Waals surface area contributed by atoms with E-state index in [-0.39, 0.29) is 41.0 Å². The minimum atomic E-state index is -0.824. The van der Waals surface area contributed by atoms with Crippen LogP contribution in [0.5, 0.6) is 0 Å². The molecule has 2 aliphatic heterocycles. The summed E-state index contributed by atoms with van der Waals surface area (Å²) in [5.74, 6) is 2.12.